The smallest absolute Gasteiger partial charge is 0.311 e. The molecule has 0 amide bonds. The first-order valence-corrected chi connectivity index (χ1v) is 6.03. The van der Waals surface area contributed by atoms with Gasteiger partial charge in [0.25, 0.3) is 0 Å². The normalized spacial score (nSPS) is 12.5. The van der Waals surface area contributed by atoms with Crippen LogP contribution in [0.2, 0.25) is 0 Å². The molecule has 0 radical (unpaired) electrons. The van der Waals surface area contributed by atoms with E-state index in [2.05, 4.69) is 13.8 Å². The number of ether oxygens (including phenoxy) is 1. The van der Waals surface area contributed by atoms with Gasteiger partial charge in [-0.05, 0) is 30.4 Å². The van der Waals surface area contributed by atoms with Gasteiger partial charge in [0.15, 0.2) is 5.75 Å². The fraction of sp³-hybridized carbons (Fsp3) is 0.538. The second kappa shape index (κ2) is 6.35. The highest BCUT2D eigenvalue weighted by Crippen LogP contribution is 2.30. The molecule has 1 aromatic rings. The zero-order valence-corrected chi connectivity index (χ0v) is 11.1. The number of nitrogens with two attached hydrogens (primary N) is 1. The van der Waals surface area contributed by atoms with E-state index in [1.807, 2.05) is 0 Å². The zero-order chi connectivity index (χ0) is 13.7. The maximum absolute atomic E-state index is 10.9. The molecule has 5 nitrogen and oxygen atoms in total. The summed E-state index contributed by atoms with van der Waals surface area (Å²) >= 11 is 0. The fourth-order valence-electron chi connectivity index (χ4n) is 1.76. The average Bonchev–Trinajstić information content (AvgIpc) is 2.34. The summed E-state index contributed by atoms with van der Waals surface area (Å²) in [5, 5.41) is 10.9. The highest BCUT2D eigenvalue weighted by molar-refractivity contribution is 5.49. The summed E-state index contributed by atoms with van der Waals surface area (Å²) in [5.41, 5.74) is 6.79. The molecular weight excluding hydrogens is 232 g/mol. The molecule has 0 aliphatic rings. The van der Waals surface area contributed by atoms with Crippen molar-refractivity contribution in [3.05, 3.63) is 33.9 Å². The Bertz CT molecular complexity index is 419. The van der Waals surface area contributed by atoms with Crippen molar-refractivity contribution < 1.29 is 9.66 Å². The van der Waals surface area contributed by atoms with Crippen LogP contribution in [0.1, 0.15) is 38.3 Å². The Hall–Kier alpha value is -1.62. The number of nitro benzene ring substituents is 1. The van der Waals surface area contributed by atoms with E-state index in [-0.39, 0.29) is 17.5 Å². The molecule has 100 valence electrons. The second-order valence-corrected chi connectivity index (χ2v) is 4.77. The van der Waals surface area contributed by atoms with E-state index in [0.29, 0.717) is 5.92 Å². The summed E-state index contributed by atoms with van der Waals surface area (Å²) in [5.74, 6) is 0.837. The third kappa shape index (κ3) is 3.70. The SMILES string of the molecule is COc1ccc([C@@H](N)CCC(C)C)cc1[N+](=O)[O-]. The van der Waals surface area contributed by atoms with E-state index in [1.165, 1.54) is 13.2 Å². The number of nitro groups is 1. The second-order valence-electron chi connectivity index (χ2n) is 4.77. The molecule has 0 aliphatic heterocycles. The first kappa shape index (κ1) is 14.4. The van der Waals surface area contributed by atoms with Crippen LogP contribution < -0.4 is 10.5 Å². The minimum Gasteiger partial charge on any atom is -0.490 e. The molecule has 1 atom stereocenters. The standard InChI is InChI=1S/C13H20N2O3/c1-9(2)4-6-11(14)10-5-7-13(18-3)12(8-10)15(16)17/h5,7-9,11H,4,6,14H2,1-3H3/t11-/m0/s1. The van der Waals surface area contributed by atoms with Crippen LogP contribution in [0.3, 0.4) is 0 Å². The highest BCUT2D eigenvalue weighted by atomic mass is 16.6. The highest BCUT2D eigenvalue weighted by Gasteiger charge is 2.17. The molecule has 0 heterocycles. The van der Waals surface area contributed by atoms with Gasteiger partial charge in [0.1, 0.15) is 0 Å². The Balaban J connectivity index is 2.90. The largest absolute Gasteiger partial charge is 0.490 e. The predicted molar refractivity (Wildman–Crippen MR) is 70.6 cm³/mol. The Morgan fingerprint density at radius 1 is 1.39 bits per heavy atom. The van der Waals surface area contributed by atoms with Gasteiger partial charge in [0, 0.05) is 12.1 Å². The van der Waals surface area contributed by atoms with Crippen molar-refractivity contribution in [1.82, 2.24) is 0 Å². The molecular formula is C13H20N2O3. The van der Waals surface area contributed by atoms with Gasteiger partial charge in [-0.15, -0.1) is 0 Å². The third-order valence-electron chi connectivity index (χ3n) is 2.88. The third-order valence-corrected chi connectivity index (χ3v) is 2.88. The number of methoxy groups -OCH3 is 1. The lowest BCUT2D eigenvalue weighted by atomic mass is 9.98. The molecule has 2 N–H and O–H groups in total. The van der Waals surface area contributed by atoms with Crippen LogP contribution in [-0.4, -0.2) is 12.0 Å². The summed E-state index contributed by atoms with van der Waals surface area (Å²) in [4.78, 5) is 10.5. The molecule has 0 spiro atoms. The maximum atomic E-state index is 10.9. The number of rotatable bonds is 6. The van der Waals surface area contributed by atoms with Crippen molar-refractivity contribution in [2.24, 2.45) is 11.7 Å². The van der Waals surface area contributed by atoms with Crippen LogP contribution in [0, 0.1) is 16.0 Å². The quantitative estimate of drug-likeness (QED) is 0.623. The van der Waals surface area contributed by atoms with Crippen molar-refractivity contribution in [2.45, 2.75) is 32.7 Å². The van der Waals surface area contributed by atoms with Gasteiger partial charge >= 0.3 is 5.69 Å². The van der Waals surface area contributed by atoms with Crippen molar-refractivity contribution in [2.75, 3.05) is 7.11 Å². The Labute approximate surface area is 107 Å². The summed E-state index contributed by atoms with van der Waals surface area (Å²) in [7, 11) is 1.42. The fourth-order valence-corrected chi connectivity index (χ4v) is 1.76. The molecule has 0 saturated heterocycles. The van der Waals surface area contributed by atoms with Crippen molar-refractivity contribution in [1.29, 1.82) is 0 Å². The van der Waals surface area contributed by atoms with Crippen LogP contribution in [0.4, 0.5) is 5.69 Å². The molecule has 1 rings (SSSR count). The number of nitrogens with zero attached hydrogens (tertiary/aromatic N) is 1. The summed E-state index contributed by atoms with van der Waals surface area (Å²) < 4.78 is 4.96. The van der Waals surface area contributed by atoms with E-state index in [0.717, 1.165) is 18.4 Å². The van der Waals surface area contributed by atoms with Crippen molar-refractivity contribution in [3.63, 3.8) is 0 Å². The molecule has 0 aliphatic carbocycles. The van der Waals surface area contributed by atoms with E-state index in [4.69, 9.17) is 10.5 Å². The lowest BCUT2D eigenvalue weighted by molar-refractivity contribution is -0.385. The first-order chi connectivity index (χ1) is 8.45. The zero-order valence-electron chi connectivity index (χ0n) is 11.1. The molecule has 0 fully saturated rings. The van der Waals surface area contributed by atoms with E-state index < -0.39 is 4.92 Å². The summed E-state index contributed by atoms with van der Waals surface area (Å²) in [6.45, 7) is 4.26. The molecule has 0 bridgehead atoms. The Morgan fingerprint density at radius 3 is 2.56 bits per heavy atom. The van der Waals surface area contributed by atoms with Gasteiger partial charge in [-0.3, -0.25) is 10.1 Å². The van der Waals surface area contributed by atoms with Crippen LogP contribution in [-0.2, 0) is 0 Å². The molecule has 0 unspecified atom stereocenters. The minimum absolute atomic E-state index is 0.0324. The van der Waals surface area contributed by atoms with E-state index in [1.54, 1.807) is 12.1 Å². The van der Waals surface area contributed by atoms with Gasteiger partial charge in [-0.2, -0.15) is 0 Å². The Kier molecular flexibility index (Phi) is 5.09. The molecule has 0 aromatic heterocycles. The lowest BCUT2D eigenvalue weighted by Crippen LogP contribution is -2.11. The predicted octanol–water partition coefficient (Wildman–Crippen LogP) is 3.04. The van der Waals surface area contributed by atoms with Gasteiger partial charge in [0.05, 0.1) is 12.0 Å². The molecule has 5 heteroatoms. The average molecular weight is 252 g/mol. The molecule has 1 aromatic carbocycles. The van der Waals surface area contributed by atoms with Crippen LogP contribution in [0.5, 0.6) is 5.75 Å². The summed E-state index contributed by atoms with van der Waals surface area (Å²) in [6.07, 6.45) is 1.82. The Morgan fingerprint density at radius 2 is 2.06 bits per heavy atom. The van der Waals surface area contributed by atoms with Crippen molar-refractivity contribution >= 4 is 5.69 Å². The lowest BCUT2D eigenvalue weighted by Gasteiger charge is -2.14. The van der Waals surface area contributed by atoms with Gasteiger partial charge in [-0.25, -0.2) is 0 Å². The van der Waals surface area contributed by atoms with Gasteiger partial charge < -0.3 is 10.5 Å². The van der Waals surface area contributed by atoms with Crippen LogP contribution in [0.15, 0.2) is 18.2 Å². The number of hydrogen-bond acceptors (Lipinski definition) is 4. The summed E-state index contributed by atoms with van der Waals surface area (Å²) in [6, 6.07) is 4.72. The van der Waals surface area contributed by atoms with Crippen LogP contribution >= 0.6 is 0 Å². The van der Waals surface area contributed by atoms with Crippen LogP contribution in [0.25, 0.3) is 0 Å². The minimum atomic E-state index is -0.447. The molecule has 18 heavy (non-hydrogen) atoms. The topological polar surface area (TPSA) is 78.4 Å². The maximum Gasteiger partial charge on any atom is 0.311 e. The van der Waals surface area contributed by atoms with E-state index in [9.17, 15) is 10.1 Å². The van der Waals surface area contributed by atoms with Gasteiger partial charge in [-0.1, -0.05) is 19.9 Å². The van der Waals surface area contributed by atoms with Gasteiger partial charge in [0.2, 0.25) is 0 Å². The molecule has 0 saturated carbocycles. The van der Waals surface area contributed by atoms with E-state index >= 15 is 0 Å². The van der Waals surface area contributed by atoms with Crippen molar-refractivity contribution in [3.8, 4) is 5.75 Å². The first-order valence-electron chi connectivity index (χ1n) is 6.03. The number of benzene rings is 1. The monoisotopic (exact) mass is 252 g/mol. The number of hydrogen-bond donors (Lipinski definition) is 1.